The summed E-state index contributed by atoms with van der Waals surface area (Å²) in [5.74, 6) is -0.176. The normalized spacial score (nSPS) is 15.0. The molecule has 0 atom stereocenters. The molecule has 1 fully saturated rings. The van der Waals surface area contributed by atoms with E-state index in [1.165, 1.54) is 18.2 Å². The molecule has 3 N–H and O–H groups in total. The first kappa shape index (κ1) is 19.6. The Morgan fingerprint density at radius 2 is 1.75 bits per heavy atom. The molecular formula is C22H24FN3O2. The summed E-state index contributed by atoms with van der Waals surface area (Å²) in [5.41, 5.74) is 8.64. The van der Waals surface area contributed by atoms with Gasteiger partial charge >= 0.3 is 0 Å². The van der Waals surface area contributed by atoms with Crippen LogP contribution >= 0.6 is 0 Å². The number of halogens is 1. The Bertz CT molecular complexity index is 885. The number of amides is 2. The molecule has 1 saturated heterocycles. The molecule has 0 radical (unpaired) electrons. The van der Waals surface area contributed by atoms with Gasteiger partial charge in [0.15, 0.2) is 0 Å². The summed E-state index contributed by atoms with van der Waals surface area (Å²) in [6.45, 7) is 3.02. The third kappa shape index (κ3) is 4.97. The van der Waals surface area contributed by atoms with Crippen LogP contribution in [0.5, 0.6) is 0 Å². The summed E-state index contributed by atoms with van der Waals surface area (Å²) in [7, 11) is 0. The van der Waals surface area contributed by atoms with Crippen LogP contribution in [0.3, 0.4) is 0 Å². The van der Waals surface area contributed by atoms with Gasteiger partial charge in [-0.3, -0.25) is 9.59 Å². The van der Waals surface area contributed by atoms with Crippen LogP contribution in [-0.2, 0) is 9.59 Å². The number of likely N-dealkylation sites (tertiary alicyclic amines) is 1. The molecular weight excluding hydrogens is 357 g/mol. The van der Waals surface area contributed by atoms with Crippen molar-refractivity contribution in [1.82, 2.24) is 4.90 Å². The molecule has 2 amide bonds. The van der Waals surface area contributed by atoms with E-state index < -0.39 is 0 Å². The summed E-state index contributed by atoms with van der Waals surface area (Å²) >= 11 is 0. The minimum Gasteiger partial charge on any atom is -0.397 e. The van der Waals surface area contributed by atoms with Crippen LogP contribution in [0, 0.1) is 11.7 Å². The van der Waals surface area contributed by atoms with Crippen LogP contribution in [0.1, 0.15) is 19.8 Å². The number of allylic oxidation sites excluding steroid dienone is 1. The minimum absolute atomic E-state index is 0.0942. The molecule has 1 aliphatic heterocycles. The van der Waals surface area contributed by atoms with Gasteiger partial charge in [0.05, 0.1) is 11.4 Å². The van der Waals surface area contributed by atoms with Gasteiger partial charge in [0.25, 0.3) is 0 Å². The number of hydrogen-bond acceptors (Lipinski definition) is 3. The Morgan fingerprint density at radius 3 is 2.39 bits per heavy atom. The number of benzene rings is 2. The predicted octanol–water partition coefficient (Wildman–Crippen LogP) is 3.83. The fourth-order valence-corrected chi connectivity index (χ4v) is 3.29. The van der Waals surface area contributed by atoms with E-state index >= 15 is 0 Å². The van der Waals surface area contributed by atoms with Crippen molar-refractivity contribution in [3.8, 4) is 11.1 Å². The molecule has 0 spiro atoms. The monoisotopic (exact) mass is 381 g/mol. The summed E-state index contributed by atoms with van der Waals surface area (Å²) in [6.07, 6.45) is 5.13. The Hall–Kier alpha value is -3.15. The van der Waals surface area contributed by atoms with Crippen molar-refractivity contribution in [3.63, 3.8) is 0 Å². The molecule has 146 valence electrons. The maximum atomic E-state index is 13.1. The highest BCUT2D eigenvalue weighted by atomic mass is 19.1. The van der Waals surface area contributed by atoms with Gasteiger partial charge in [-0.05, 0) is 60.2 Å². The van der Waals surface area contributed by atoms with Gasteiger partial charge in [0.1, 0.15) is 5.82 Å². The topological polar surface area (TPSA) is 75.4 Å². The van der Waals surface area contributed by atoms with E-state index in [0.717, 1.165) is 37.1 Å². The Balaban J connectivity index is 1.63. The van der Waals surface area contributed by atoms with Gasteiger partial charge in [-0.15, -0.1) is 0 Å². The lowest BCUT2D eigenvalue weighted by atomic mass is 9.96. The smallest absolute Gasteiger partial charge is 0.248 e. The highest BCUT2D eigenvalue weighted by molar-refractivity contribution is 6.01. The second-order valence-corrected chi connectivity index (χ2v) is 7.00. The fourth-order valence-electron chi connectivity index (χ4n) is 3.29. The number of anilines is 2. The molecule has 2 aromatic rings. The van der Waals surface area contributed by atoms with Crippen molar-refractivity contribution in [2.24, 2.45) is 5.92 Å². The molecule has 1 aliphatic rings. The Morgan fingerprint density at radius 1 is 1.11 bits per heavy atom. The van der Waals surface area contributed by atoms with Crippen LogP contribution in [0.4, 0.5) is 15.8 Å². The van der Waals surface area contributed by atoms with Gasteiger partial charge in [-0.25, -0.2) is 4.39 Å². The number of nitrogens with zero attached hydrogens (tertiary/aromatic N) is 1. The van der Waals surface area contributed by atoms with Crippen molar-refractivity contribution < 1.29 is 14.0 Å². The lowest BCUT2D eigenvalue weighted by molar-refractivity contribution is -0.130. The number of hydrogen-bond donors (Lipinski definition) is 2. The van der Waals surface area contributed by atoms with Crippen molar-refractivity contribution in [1.29, 1.82) is 0 Å². The molecule has 1 heterocycles. The largest absolute Gasteiger partial charge is 0.397 e. The quantitative estimate of drug-likeness (QED) is 0.624. The maximum Gasteiger partial charge on any atom is 0.248 e. The Kier molecular flexibility index (Phi) is 6.09. The Labute approximate surface area is 164 Å². The van der Waals surface area contributed by atoms with Crippen LogP contribution in [0.25, 0.3) is 11.1 Å². The number of nitrogen functional groups attached to an aromatic ring is 1. The SMILES string of the molecule is CC(=O)N1CCC(/C=C/C(=O)Nc2cc(-c3ccc(F)cc3)ccc2N)CC1. The molecule has 0 saturated carbocycles. The number of nitrogens with two attached hydrogens (primary N) is 1. The standard InChI is InChI=1S/C22H24FN3O2/c1-15(27)26-12-10-16(11-13-26)2-9-22(28)25-21-14-18(5-8-20(21)24)17-3-6-19(23)7-4-17/h2-9,14,16H,10-13,24H2,1H3,(H,25,28)/b9-2+. The van der Waals surface area contributed by atoms with Gasteiger partial charge in [0, 0.05) is 20.0 Å². The van der Waals surface area contributed by atoms with Gasteiger partial charge in [-0.1, -0.05) is 24.3 Å². The zero-order chi connectivity index (χ0) is 20.1. The number of rotatable bonds is 4. The average Bonchev–Trinajstić information content (AvgIpc) is 2.69. The molecule has 0 aliphatic carbocycles. The second kappa shape index (κ2) is 8.69. The first-order valence-electron chi connectivity index (χ1n) is 9.32. The van der Waals surface area contributed by atoms with Crippen LogP contribution in [0.2, 0.25) is 0 Å². The molecule has 0 unspecified atom stereocenters. The molecule has 28 heavy (non-hydrogen) atoms. The number of piperidine rings is 1. The van der Waals surface area contributed by atoms with E-state index in [2.05, 4.69) is 5.32 Å². The number of nitrogens with one attached hydrogen (secondary N) is 1. The van der Waals surface area contributed by atoms with E-state index in [1.807, 2.05) is 17.0 Å². The highest BCUT2D eigenvalue weighted by Crippen LogP contribution is 2.27. The van der Waals surface area contributed by atoms with Gasteiger partial charge in [-0.2, -0.15) is 0 Å². The zero-order valence-corrected chi connectivity index (χ0v) is 15.8. The first-order valence-corrected chi connectivity index (χ1v) is 9.32. The number of carbonyl (C=O) groups excluding carboxylic acids is 2. The van der Waals surface area contributed by atoms with Gasteiger partial charge in [0.2, 0.25) is 11.8 Å². The highest BCUT2D eigenvalue weighted by Gasteiger charge is 2.18. The second-order valence-electron chi connectivity index (χ2n) is 7.00. The van der Waals surface area contributed by atoms with Crippen molar-refractivity contribution in [2.45, 2.75) is 19.8 Å². The maximum absolute atomic E-state index is 13.1. The number of carbonyl (C=O) groups is 2. The first-order chi connectivity index (χ1) is 13.4. The molecule has 0 bridgehead atoms. The van der Waals surface area contributed by atoms with Crippen LogP contribution in [0.15, 0.2) is 54.6 Å². The predicted molar refractivity (Wildman–Crippen MR) is 109 cm³/mol. The lowest BCUT2D eigenvalue weighted by Gasteiger charge is -2.29. The van der Waals surface area contributed by atoms with Crippen LogP contribution in [-0.4, -0.2) is 29.8 Å². The molecule has 5 nitrogen and oxygen atoms in total. The summed E-state index contributed by atoms with van der Waals surface area (Å²) in [5, 5.41) is 2.81. The molecule has 2 aromatic carbocycles. The summed E-state index contributed by atoms with van der Waals surface area (Å²) in [6, 6.07) is 11.5. The van der Waals surface area contributed by atoms with E-state index in [1.54, 1.807) is 31.2 Å². The minimum atomic E-state index is -0.299. The van der Waals surface area contributed by atoms with E-state index in [9.17, 15) is 14.0 Å². The van der Waals surface area contributed by atoms with E-state index in [4.69, 9.17) is 5.73 Å². The molecule has 6 heteroatoms. The third-order valence-electron chi connectivity index (χ3n) is 4.99. The van der Waals surface area contributed by atoms with Gasteiger partial charge < -0.3 is 16.0 Å². The fraction of sp³-hybridized carbons (Fsp3) is 0.273. The zero-order valence-electron chi connectivity index (χ0n) is 15.8. The lowest BCUT2D eigenvalue weighted by Crippen LogP contribution is -2.36. The molecule has 0 aromatic heterocycles. The van der Waals surface area contributed by atoms with Crippen molar-refractivity contribution in [2.75, 3.05) is 24.1 Å². The van der Waals surface area contributed by atoms with E-state index in [-0.39, 0.29) is 23.5 Å². The third-order valence-corrected chi connectivity index (χ3v) is 4.99. The summed E-state index contributed by atoms with van der Waals surface area (Å²) in [4.78, 5) is 25.5. The van der Waals surface area contributed by atoms with Crippen LogP contribution < -0.4 is 11.1 Å². The van der Waals surface area contributed by atoms with Crippen molar-refractivity contribution in [3.05, 3.63) is 60.4 Å². The average molecular weight is 381 g/mol. The van der Waals surface area contributed by atoms with Crippen molar-refractivity contribution >= 4 is 23.2 Å². The molecule has 3 rings (SSSR count). The van der Waals surface area contributed by atoms with E-state index in [0.29, 0.717) is 11.4 Å². The summed E-state index contributed by atoms with van der Waals surface area (Å²) < 4.78 is 13.1.